The highest BCUT2D eigenvalue weighted by Crippen LogP contribution is 2.16. The number of aryl methyl sites for hydroxylation is 2. The molecule has 1 N–H and O–H groups in total. The largest absolute Gasteiger partial charge is 0.304 e. The number of hydrogen-bond donors (Lipinski definition) is 1. The van der Waals surface area contributed by atoms with Crippen molar-refractivity contribution in [3.8, 4) is 0 Å². The number of nitrogens with zero attached hydrogens (tertiary/aromatic N) is 4. The highest BCUT2D eigenvalue weighted by molar-refractivity contribution is 5.94. The first-order valence-electron chi connectivity index (χ1n) is 7.81. The van der Waals surface area contributed by atoms with Gasteiger partial charge >= 0.3 is 0 Å². The second kappa shape index (κ2) is 6.06. The van der Waals surface area contributed by atoms with E-state index in [4.69, 9.17) is 0 Å². The van der Waals surface area contributed by atoms with Crippen LogP contribution in [0.5, 0.6) is 0 Å². The number of imidazole rings is 1. The quantitative estimate of drug-likeness (QED) is 0.922. The van der Waals surface area contributed by atoms with Gasteiger partial charge in [-0.25, -0.2) is 9.99 Å². The van der Waals surface area contributed by atoms with E-state index in [-0.39, 0.29) is 5.91 Å². The molecule has 0 aliphatic carbocycles. The number of aromatic nitrogens is 2. The van der Waals surface area contributed by atoms with Crippen LogP contribution in [0.2, 0.25) is 0 Å². The molecule has 6 nitrogen and oxygen atoms in total. The minimum atomic E-state index is -0.0699. The Morgan fingerprint density at radius 1 is 1.32 bits per heavy atom. The van der Waals surface area contributed by atoms with Gasteiger partial charge in [-0.05, 0) is 32.0 Å². The van der Waals surface area contributed by atoms with Crippen LogP contribution in [-0.4, -0.2) is 58.4 Å². The molecule has 6 heteroatoms. The van der Waals surface area contributed by atoms with Gasteiger partial charge in [0.25, 0.3) is 5.91 Å². The number of hydrazine groups is 1. The first-order chi connectivity index (χ1) is 10.6. The molecule has 22 heavy (non-hydrogen) atoms. The average molecular weight is 301 g/mol. The molecule has 0 radical (unpaired) electrons. The van der Waals surface area contributed by atoms with E-state index in [1.807, 2.05) is 41.6 Å². The lowest BCUT2D eigenvalue weighted by Gasteiger charge is -2.32. The highest BCUT2D eigenvalue weighted by Gasteiger charge is 2.22. The maximum Gasteiger partial charge on any atom is 0.284 e. The van der Waals surface area contributed by atoms with Crippen molar-refractivity contribution in [3.63, 3.8) is 0 Å². The molecule has 3 heterocycles. The zero-order chi connectivity index (χ0) is 15.7. The van der Waals surface area contributed by atoms with Crippen LogP contribution in [0.1, 0.15) is 28.7 Å². The van der Waals surface area contributed by atoms with E-state index in [0.29, 0.717) is 5.69 Å². The summed E-state index contributed by atoms with van der Waals surface area (Å²) in [5, 5.41) is 2.00. The van der Waals surface area contributed by atoms with Crippen LogP contribution >= 0.6 is 0 Å². The third-order valence-corrected chi connectivity index (χ3v) is 4.23. The number of likely N-dealkylation sites (N-methyl/N-ethyl adjacent to an activating group) is 1. The lowest BCUT2D eigenvalue weighted by atomic mass is 10.2. The number of rotatable bonds is 3. The van der Waals surface area contributed by atoms with E-state index in [1.54, 1.807) is 0 Å². The number of pyridine rings is 1. The second-order valence-electron chi connectivity index (χ2n) is 5.88. The Labute approximate surface area is 130 Å². The maximum atomic E-state index is 12.7. The summed E-state index contributed by atoms with van der Waals surface area (Å²) in [4.78, 5) is 19.6. The summed E-state index contributed by atoms with van der Waals surface area (Å²) in [5.41, 5.74) is 6.48. The first kappa shape index (κ1) is 15.0. The molecule has 118 valence electrons. The summed E-state index contributed by atoms with van der Waals surface area (Å²) in [5.74, 6) is -0.0699. The Morgan fingerprint density at radius 2 is 2.05 bits per heavy atom. The summed E-state index contributed by atoms with van der Waals surface area (Å²) in [6.07, 6.45) is 2.65. The fraction of sp³-hybridized carbons (Fsp3) is 0.500. The van der Waals surface area contributed by atoms with Crippen molar-refractivity contribution in [2.45, 2.75) is 20.3 Å². The molecule has 1 aliphatic rings. The molecule has 0 spiro atoms. The Hall–Kier alpha value is -1.92. The van der Waals surface area contributed by atoms with Crippen LogP contribution < -0.4 is 5.43 Å². The molecule has 0 saturated carbocycles. The SMILES string of the molecule is CCc1nc2c(C)cccn2c1C(=O)NN1CCN(C)CC1. The normalized spacial score (nSPS) is 17.0. The number of nitrogens with one attached hydrogen (secondary N) is 1. The van der Waals surface area contributed by atoms with Crippen LogP contribution in [0.15, 0.2) is 18.3 Å². The van der Waals surface area contributed by atoms with Gasteiger partial charge in [0.1, 0.15) is 11.3 Å². The van der Waals surface area contributed by atoms with E-state index in [2.05, 4.69) is 22.4 Å². The molecule has 1 saturated heterocycles. The minimum Gasteiger partial charge on any atom is -0.304 e. The van der Waals surface area contributed by atoms with Crippen LogP contribution in [0.25, 0.3) is 5.65 Å². The number of piperazine rings is 1. The van der Waals surface area contributed by atoms with Crippen molar-refractivity contribution in [2.75, 3.05) is 33.2 Å². The van der Waals surface area contributed by atoms with Gasteiger partial charge < -0.3 is 4.90 Å². The smallest absolute Gasteiger partial charge is 0.284 e. The van der Waals surface area contributed by atoms with Crippen LogP contribution in [0.3, 0.4) is 0 Å². The molecule has 0 aromatic carbocycles. The Morgan fingerprint density at radius 3 is 2.73 bits per heavy atom. The third kappa shape index (κ3) is 2.71. The van der Waals surface area contributed by atoms with Gasteiger partial charge in [0.15, 0.2) is 0 Å². The predicted octanol–water partition coefficient (Wildman–Crippen LogP) is 1.10. The van der Waals surface area contributed by atoms with Gasteiger partial charge in [-0.3, -0.25) is 14.6 Å². The summed E-state index contributed by atoms with van der Waals surface area (Å²) in [6.45, 7) is 7.67. The number of carbonyl (C=O) groups is 1. The van der Waals surface area contributed by atoms with Crippen molar-refractivity contribution in [2.24, 2.45) is 0 Å². The molecule has 1 aliphatic heterocycles. The van der Waals surface area contributed by atoms with Gasteiger partial charge in [0.2, 0.25) is 0 Å². The molecule has 2 aromatic heterocycles. The van der Waals surface area contributed by atoms with E-state index in [1.165, 1.54) is 0 Å². The summed E-state index contributed by atoms with van der Waals surface area (Å²) in [7, 11) is 2.10. The highest BCUT2D eigenvalue weighted by atomic mass is 16.2. The van der Waals surface area contributed by atoms with Crippen molar-refractivity contribution in [1.82, 2.24) is 24.7 Å². The Bertz CT molecular complexity index is 685. The molecule has 0 unspecified atom stereocenters. The summed E-state index contributed by atoms with van der Waals surface area (Å²) >= 11 is 0. The lowest BCUT2D eigenvalue weighted by molar-refractivity contribution is 0.0656. The van der Waals surface area contributed by atoms with Gasteiger partial charge in [-0.15, -0.1) is 0 Å². The maximum absolute atomic E-state index is 12.7. The molecular formula is C16H23N5O. The fourth-order valence-corrected chi connectivity index (χ4v) is 2.85. The van der Waals surface area contributed by atoms with Crippen molar-refractivity contribution in [1.29, 1.82) is 0 Å². The van der Waals surface area contributed by atoms with Crippen LogP contribution in [0, 0.1) is 6.92 Å². The standard InChI is InChI=1S/C16H23N5O/c1-4-13-14(21-7-5-6-12(2)15(21)17-13)16(22)18-20-10-8-19(3)9-11-20/h5-7H,4,8-11H2,1-3H3,(H,18,22). The number of amides is 1. The van der Waals surface area contributed by atoms with Gasteiger partial charge in [-0.2, -0.15) is 0 Å². The van der Waals surface area contributed by atoms with E-state index < -0.39 is 0 Å². The van der Waals surface area contributed by atoms with Gasteiger partial charge in [0.05, 0.1) is 5.69 Å². The number of carbonyl (C=O) groups excluding carboxylic acids is 1. The fourth-order valence-electron chi connectivity index (χ4n) is 2.85. The zero-order valence-corrected chi connectivity index (χ0v) is 13.5. The molecule has 1 fully saturated rings. The molecule has 1 amide bonds. The van der Waals surface area contributed by atoms with Crippen molar-refractivity contribution >= 4 is 11.6 Å². The third-order valence-electron chi connectivity index (χ3n) is 4.23. The minimum absolute atomic E-state index is 0.0699. The second-order valence-corrected chi connectivity index (χ2v) is 5.88. The Balaban J connectivity index is 1.88. The summed E-state index contributed by atoms with van der Waals surface area (Å²) in [6, 6.07) is 3.97. The number of fused-ring (bicyclic) bond motifs is 1. The zero-order valence-electron chi connectivity index (χ0n) is 13.5. The van der Waals surface area contributed by atoms with Gasteiger partial charge in [0, 0.05) is 32.4 Å². The summed E-state index contributed by atoms with van der Waals surface area (Å²) < 4.78 is 1.90. The van der Waals surface area contributed by atoms with Gasteiger partial charge in [-0.1, -0.05) is 13.0 Å². The molecular weight excluding hydrogens is 278 g/mol. The molecule has 3 rings (SSSR count). The van der Waals surface area contributed by atoms with E-state index >= 15 is 0 Å². The Kier molecular flexibility index (Phi) is 4.13. The topological polar surface area (TPSA) is 52.9 Å². The lowest BCUT2D eigenvalue weighted by Crippen LogP contribution is -2.52. The monoisotopic (exact) mass is 301 g/mol. The van der Waals surface area contributed by atoms with E-state index in [9.17, 15) is 4.79 Å². The molecule has 2 aromatic rings. The van der Waals surface area contributed by atoms with Crippen molar-refractivity contribution in [3.05, 3.63) is 35.3 Å². The predicted molar refractivity (Wildman–Crippen MR) is 85.8 cm³/mol. The first-order valence-corrected chi connectivity index (χ1v) is 7.81. The number of hydrogen-bond acceptors (Lipinski definition) is 4. The van der Waals surface area contributed by atoms with E-state index in [0.717, 1.165) is 49.5 Å². The van der Waals surface area contributed by atoms with Crippen LogP contribution in [0.4, 0.5) is 0 Å². The molecule has 0 bridgehead atoms. The van der Waals surface area contributed by atoms with Crippen LogP contribution in [-0.2, 0) is 6.42 Å². The average Bonchev–Trinajstić information content (AvgIpc) is 2.89. The van der Waals surface area contributed by atoms with Crippen molar-refractivity contribution < 1.29 is 4.79 Å². The molecule has 0 atom stereocenters.